The number of imidazole rings is 1. The molecule has 1 aromatic rings. The monoisotopic (exact) mass is 198 g/mol. The minimum atomic E-state index is -0.391. The molecule has 0 spiro atoms. The average molecular weight is 198 g/mol. The number of aromatic nitrogens is 2. The van der Waals surface area contributed by atoms with Crippen LogP contribution in [0.1, 0.15) is 17.8 Å². The first-order valence-electron chi connectivity index (χ1n) is 4.28. The molecule has 3 N–H and O–H groups in total. The van der Waals surface area contributed by atoms with Gasteiger partial charge in [-0.25, -0.2) is 10.8 Å². The van der Waals surface area contributed by atoms with Crippen LogP contribution in [-0.2, 0) is 16.2 Å². The summed E-state index contributed by atoms with van der Waals surface area (Å²) < 4.78 is 1.90. The normalized spacial score (nSPS) is 10.2. The van der Waals surface area contributed by atoms with Gasteiger partial charge in [0, 0.05) is 12.2 Å². The van der Waals surface area contributed by atoms with Gasteiger partial charge in [-0.3, -0.25) is 4.79 Å². The van der Waals surface area contributed by atoms with Crippen LogP contribution in [0.3, 0.4) is 0 Å². The molecule has 0 radical (unpaired) electrons. The summed E-state index contributed by atoms with van der Waals surface area (Å²) in [5.41, 5.74) is 3.87. The summed E-state index contributed by atoms with van der Waals surface area (Å²) >= 11 is 0. The number of carbonyl (C=O) groups is 1. The predicted octanol–water partition coefficient (Wildman–Crippen LogP) is -0.188. The molecule has 0 amide bonds. The van der Waals surface area contributed by atoms with Crippen molar-refractivity contribution in [1.29, 1.82) is 0 Å². The van der Waals surface area contributed by atoms with E-state index in [0.29, 0.717) is 6.54 Å². The first kappa shape index (κ1) is 10.7. The van der Waals surface area contributed by atoms with Crippen LogP contribution in [0.4, 0.5) is 0 Å². The molecule has 0 aromatic carbocycles. The fraction of sp³-hybridized carbons (Fsp3) is 0.500. The van der Waals surface area contributed by atoms with Crippen LogP contribution < -0.4 is 11.4 Å². The van der Waals surface area contributed by atoms with Gasteiger partial charge in [-0.15, -0.1) is 0 Å². The number of nitrogens with zero attached hydrogens (tertiary/aromatic N) is 2. The molecule has 0 aliphatic carbocycles. The summed E-state index contributed by atoms with van der Waals surface area (Å²) in [5.74, 6) is 4.43. The molecular weight excluding hydrogens is 184 g/mol. The van der Waals surface area contributed by atoms with Crippen LogP contribution >= 0.6 is 0 Å². The van der Waals surface area contributed by atoms with E-state index in [9.17, 15) is 4.79 Å². The highest BCUT2D eigenvalue weighted by atomic mass is 16.7. The van der Waals surface area contributed by atoms with Crippen molar-refractivity contribution in [2.24, 2.45) is 5.84 Å². The zero-order chi connectivity index (χ0) is 10.6. The fourth-order valence-electron chi connectivity index (χ4n) is 1.10. The number of hydrazine groups is 1. The van der Waals surface area contributed by atoms with Crippen molar-refractivity contribution in [3.63, 3.8) is 0 Å². The molecule has 0 atom stereocenters. The van der Waals surface area contributed by atoms with Crippen LogP contribution in [0.2, 0.25) is 0 Å². The molecule has 0 aliphatic heterocycles. The summed E-state index contributed by atoms with van der Waals surface area (Å²) in [7, 11) is 0. The van der Waals surface area contributed by atoms with E-state index in [4.69, 9.17) is 5.84 Å². The molecule has 0 saturated heterocycles. The lowest BCUT2D eigenvalue weighted by Gasteiger charge is -2.04. The Morgan fingerprint density at radius 1 is 1.71 bits per heavy atom. The Bertz CT molecular complexity index is 321. The molecule has 78 valence electrons. The number of aryl methyl sites for hydroxylation is 2. The van der Waals surface area contributed by atoms with E-state index in [-0.39, 0.29) is 6.42 Å². The van der Waals surface area contributed by atoms with Gasteiger partial charge in [0.2, 0.25) is 0 Å². The lowest BCUT2D eigenvalue weighted by molar-refractivity contribution is -0.151. The minimum Gasteiger partial charge on any atom is -0.356 e. The van der Waals surface area contributed by atoms with Gasteiger partial charge < -0.3 is 9.40 Å². The molecule has 6 nitrogen and oxygen atoms in total. The number of hydrogen-bond acceptors (Lipinski definition) is 5. The van der Waals surface area contributed by atoms with Gasteiger partial charge in [-0.1, -0.05) is 5.59 Å². The number of nitrogens with two attached hydrogens (primary N) is 1. The second kappa shape index (κ2) is 4.73. The highest BCUT2D eigenvalue weighted by molar-refractivity contribution is 5.68. The smallest absolute Gasteiger partial charge is 0.328 e. The van der Waals surface area contributed by atoms with E-state index in [2.05, 4.69) is 9.82 Å². The highest BCUT2D eigenvalue weighted by Crippen LogP contribution is 2.04. The van der Waals surface area contributed by atoms with E-state index >= 15 is 0 Å². The van der Waals surface area contributed by atoms with Crippen LogP contribution in [0.25, 0.3) is 0 Å². The lowest BCUT2D eigenvalue weighted by Crippen LogP contribution is -2.26. The Hall–Kier alpha value is -1.40. The fourth-order valence-corrected chi connectivity index (χ4v) is 1.10. The van der Waals surface area contributed by atoms with Crippen molar-refractivity contribution < 1.29 is 9.63 Å². The summed E-state index contributed by atoms with van der Waals surface area (Å²) in [5, 5.41) is 0. The van der Waals surface area contributed by atoms with Crippen LogP contribution in [0.5, 0.6) is 0 Å². The SMILES string of the molecule is Cc1ncn(CCC(=O)ONN)c1C. The maximum Gasteiger partial charge on any atom is 0.328 e. The quantitative estimate of drug-likeness (QED) is 0.517. The number of carbonyl (C=O) groups excluding carboxylic acids is 1. The maximum absolute atomic E-state index is 10.9. The molecule has 0 bridgehead atoms. The topological polar surface area (TPSA) is 82.2 Å². The molecule has 0 unspecified atom stereocenters. The lowest BCUT2D eigenvalue weighted by atomic mass is 10.3. The van der Waals surface area contributed by atoms with E-state index < -0.39 is 5.97 Å². The van der Waals surface area contributed by atoms with Gasteiger partial charge in [-0.05, 0) is 13.8 Å². The van der Waals surface area contributed by atoms with E-state index in [1.54, 1.807) is 6.33 Å². The first-order chi connectivity index (χ1) is 6.65. The second-order valence-corrected chi connectivity index (χ2v) is 2.95. The second-order valence-electron chi connectivity index (χ2n) is 2.95. The van der Waals surface area contributed by atoms with E-state index in [0.717, 1.165) is 11.4 Å². The molecule has 14 heavy (non-hydrogen) atoms. The third-order valence-corrected chi connectivity index (χ3v) is 2.07. The molecule has 1 aromatic heterocycles. The molecule has 0 saturated carbocycles. The molecule has 1 rings (SSSR count). The van der Waals surface area contributed by atoms with Gasteiger partial charge >= 0.3 is 5.97 Å². The van der Waals surface area contributed by atoms with Crippen molar-refractivity contribution in [3.05, 3.63) is 17.7 Å². The highest BCUT2D eigenvalue weighted by Gasteiger charge is 2.05. The summed E-state index contributed by atoms with van der Waals surface area (Å²) in [4.78, 5) is 19.4. The zero-order valence-corrected chi connectivity index (χ0v) is 8.28. The van der Waals surface area contributed by atoms with E-state index in [1.165, 1.54) is 0 Å². The van der Waals surface area contributed by atoms with Crippen molar-refractivity contribution in [2.45, 2.75) is 26.8 Å². The Morgan fingerprint density at radius 2 is 2.43 bits per heavy atom. The Labute approximate surface area is 82.0 Å². The maximum atomic E-state index is 10.9. The number of nitrogens with one attached hydrogen (secondary N) is 1. The van der Waals surface area contributed by atoms with Crippen LogP contribution in [-0.4, -0.2) is 15.5 Å². The largest absolute Gasteiger partial charge is 0.356 e. The van der Waals surface area contributed by atoms with Gasteiger partial charge in [0.05, 0.1) is 18.4 Å². The van der Waals surface area contributed by atoms with Crippen LogP contribution in [0, 0.1) is 13.8 Å². The Morgan fingerprint density at radius 3 is 2.93 bits per heavy atom. The Kier molecular flexibility index (Phi) is 3.61. The summed E-state index contributed by atoms with van der Waals surface area (Å²) in [6.07, 6.45) is 1.97. The standard InChI is InChI=1S/C8H14N4O2/c1-6-7(2)12(5-10-6)4-3-8(13)14-11-9/h5,11H,3-4,9H2,1-2H3. The third-order valence-electron chi connectivity index (χ3n) is 2.07. The molecular formula is C8H14N4O2. The first-order valence-corrected chi connectivity index (χ1v) is 4.28. The number of hydrogen-bond donors (Lipinski definition) is 2. The van der Waals surface area contributed by atoms with Gasteiger partial charge in [0.1, 0.15) is 0 Å². The predicted molar refractivity (Wildman–Crippen MR) is 49.7 cm³/mol. The van der Waals surface area contributed by atoms with Crippen LogP contribution in [0.15, 0.2) is 6.33 Å². The Balaban J connectivity index is 2.46. The minimum absolute atomic E-state index is 0.265. The number of rotatable bonds is 4. The molecule has 0 fully saturated rings. The van der Waals surface area contributed by atoms with Gasteiger partial charge in [0.25, 0.3) is 0 Å². The summed E-state index contributed by atoms with van der Waals surface area (Å²) in [6.45, 7) is 4.42. The van der Waals surface area contributed by atoms with Crippen molar-refractivity contribution in [2.75, 3.05) is 0 Å². The van der Waals surface area contributed by atoms with Crippen molar-refractivity contribution in [1.82, 2.24) is 15.1 Å². The molecule has 0 aliphatic rings. The van der Waals surface area contributed by atoms with E-state index in [1.807, 2.05) is 24.0 Å². The van der Waals surface area contributed by atoms with Gasteiger partial charge in [-0.2, -0.15) is 0 Å². The van der Waals surface area contributed by atoms with Crippen molar-refractivity contribution >= 4 is 5.97 Å². The van der Waals surface area contributed by atoms with Crippen molar-refractivity contribution in [3.8, 4) is 0 Å². The average Bonchev–Trinajstić information content (AvgIpc) is 2.46. The molecule has 1 heterocycles. The van der Waals surface area contributed by atoms with Gasteiger partial charge in [0.15, 0.2) is 0 Å². The molecule has 6 heteroatoms. The zero-order valence-electron chi connectivity index (χ0n) is 8.28. The summed E-state index contributed by atoms with van der Waals surface area (Å²) in [6, 6.07) is 0. The third kappa shape index (κ3) is 2.54.